The van der Waals surface area contributed by atoms with Crippen molar-refractivity contribution in [3.63, 3.8) is 0 Å². The number of rotatable bonds is 4. The number of aromatic carboxylic acids is 1. The van der Waals surface area contributed by atoms with Crippen molar-refractivity contribution in [1.29, 1.82) is 0 Å². The normalized spacial score (nSPS) is 19.3. The number of nitrogens with zero attached hydrogens (tertiary/aromatic N) is 1. The minimum Gasteiger partial charge on any atom is -0.487 e. The molecule has 0 bridgehead atoms. The smallest absolute Gasteiger partial charge is 0.335 e. The highest BCUT2D eigenvalue weighted by atomic mass is 19.1. The Kier molecular flexibility index (Phi) is 4.88. The van der Waals surface area contributed by atoms with Crippen molar-refractivity contribution in [1.82, 2.24) is 4.90 Å². The molecule has 2 heterocycles. The molecular weight excluding hydrogens is 396 g/mol. The molecule has 6 nitrogen and oxygen atoms in total. The van der Waals surface area contributed by atoms with Crippen LogP contribution in [0.1, 0.15) is 46.5 Å². The number of alkyl halides is 1. The average Bonchev–Trinajstić information content (AvgIpc) is 3.23. The van der Waals surface area contributed by atoms with Crippen molar-refractivity contribution in [3.05, 3.63) is 52.8 Å². The maximum absolute atomic E-state index is 14.6. The summed E-state index contributed by atoms with van der Waals surface area (Å²) in [5.74, 6) is -1.71. The summed E-state index contributed by atoms with van der Waals surface area (Å²) >= 11 is 0. The second kappa shape index (κ2) is 7.27. The highest BCUT2D eigenvalue weighted by Crippen LogP contribution is 2.43. The number of benzene rings is 2. The lowest BCUT2D eigenvalue weighted by atomic mass is 10.00. The molecular formula is C22H21F2NO5. The zero-order valence-electron chi connectivity index (χ0n) is 16.6. The van der Waals surface area contributed by atoms with Gasteiger partial charge in [0.25, 0.3) is 5.91 Å². The summed E-state index contributed by atoms with van der Waals surface area (Å²) in [5.41, 5.74) is -0.00564. The van der Waals surface area contributed by atoms with Crippen molar-refractivity contribution >= 4 is 11.9 Å². The molecule has 1 N–H and O–H groups in total. The van der Waals surface area contributed by atoms with Crippen LogP contribution in [-0.2, 0) is 6.42 Å². The number of ether oxygens (including phenoxy) is 2. The lowest BCUT2D eigenvalue weighted by molar-refractivity contribution is 0.0694. The van der Waals surface area contributed by atoms with E-state index < -0.39 is 29.5 Å². The number of halogens is 2. The Labute approximate surface area is 172 Å². The van der Waals surface area contributed by atoms with Crippen LogP contribution < -0.4 is 9.47 Å². The molecule has 30 heavy (non-hydrogen) atoms. The number of carboxylic acids is 1. The summed E-state index contributed by atoms with van der Waals surface area (Å²) in [4.78, 5) is 25.2. The highest BCUT2D eigenvalue weighted by molar-refractivity contribution is 5.95. The van der Waals surface area contributed by atoms with E-state index in [0.717, 1.165) is 6.07 Å². The zero-order valence-corrected chi connectivity index (χ0v) is 16.6. The number of carbonyl (C=O) groups excluding carboxylic acids is 1. The summed E-state index contributed by atoms with van der Waals surface area (Å²) in [5, 5.41) is 9.36. The highest BCUT2D eigenvalue weighted by Gasteiger charge is 2.34. The van der Waals surface area contributed by atoms with E-state index in [0.29, 0.717) is 17.7 Å². The Balaban J connectivity index is 1.62. The van der Waals surface area contributed by atoms with Gasteiger partial charge in [-0.2, -0.15) is 0 Å². The maximum Gasteiger partial charge on any atom is 0.335 e. The first-order valence-corrected chi connectivity index (χ1v) is 9.63. The molecule has 0 aromatic heterocycles. The third-order valence-electron chi connectivity index (χ3n) is 5.22. The Bertz CT molecular complexity index is 1040. The molecule has 0 saturated carbocycles. The maximum atomic E-state index is 14.6. The van der Waals surface area contributed by atoms with Crippen LogP contribution >= 0.6 is 0 Å². The Morgan fingerprint density at radius 1 is 1.27 bits per heavy atom. The van der Waals surface area contributed by atoms with Crippen LogP contribution in [0.4, 0.5) is 8.78 Å². The lowest BCUT2D eigenvalue weighted by Crippen LogP contribution is -2.29. The van der Waals surface area contributed by atoms with Crippen LogP contribution in [0, 0.1) is 5.82 Å². The first-order valence-electron chi connectivity index (χ1n) is 9.63. The van der Waals surface area contributed by atoms with E-state index in [1.54, 1.807) is 0 Å². The third-order valence-corrected chi connectivity index (χ3v) is 5.22. The Morgan fingerprint density at radius 2 is 2.03 bits per heavy atom. The average molecular weight is 417 g/mol. The fourth-order valence-electron chi connectivity index (χ4n) is 3.79. The van der Waals surface area contributed by atoms with Gasteiger partial charge in [0.05, 0.1) is 17.7 Å². The summed E-state index contributed by atoms with van der Waals surface area (Å²) in [6, 6.07) is 6.60. The molecule has 0 aliphatic carbocycles. The van der Waals surface area contributed by atoms with Gasteiger partial charge >= 0.3 is 5.97 Å². The number of carbonyl (C=O) groups is 2. The summed E-state index contributed by atoms with van der Waals surface area (Å²) in [6.45, 7) is 3.96. The van der Waals surface area contributed by atoms with Crippen molar-refractivity contribution < 1.29 is 33.0 Å². The molecule has 1 saturated heterocycles. The minimum atomic E-state index is -1.14. The molecule has 0 radical (unpaired) electrons. The molecule has 0 spiro atoms. The van der Waals surface area contributed by atoms with E-state index in [9.17, 15) is 23.5 Å². The third kappa shape index (κ3) is 3.81. The summed E-state index contributed by atoms with van der Waals surface area (Å²) in [6.07, 6.45) is -0.344. The van der Waals surface area contributed by atoms with E-state index in [1.807, 2.05) is 13.8 Å². The van der Waals surface area contributed by atoms with Gasteiger partial charge in [-0.25, -0.2) is 13.6 Å². The number of fused-ring (bicyclic) bond motifs is 1. The zero-order chi connectivity index (χ0) is 21.6. The van der Waals surface area contributed by atoms with Crippen LogP contribution in [-0.4, -0.2) is 46.7 Å². The Hall–Kier alpha value is -3.16. The fourth-order valence-corrected chi connectivity index (χ4v) is 3.79. The van der Waals surface area contributed by atoms with E-state index in [1.165, 1.54) is 29.2 Å². The van der Waals surface area contributed by atoms with E-state index in [-0.39, 0.29) is 42.1 Å². The van der Waals surface area contributed by atoms with Gasteiger partial charge in [0.15, 0.2) is 0 Å². The molecule has 1 atom stereocenters. The molecule has 2 aromatic rings. The van der Waals surface area contributed by atoms with Gasteiger partial charge in [-0.05, 0) is 44.5 Å². The molecule has 1 amide bonds. The summed E-state index contributed by atoms with van der Waals surface area (Å²) < 4.78 is 39.6. The van der Waals surface area contributed by atoms with E-state index in [4.69, 9.17) is 9.47 Å². The minimum absolute atomic E-state index is 0.0106. The molecule has 2 aliphatic rings. The SMILES string of the molecule is CC1(C)Cc2c(Oc3ccc(C(=O)N4CCC(F)C4)c(F)c3)cc(C(=O)O)cc2O1. The molecule has 2 aromatic carbocycles. The van der Waals surface area contributed by atoms with Gasteiger partial charge in [-0.3, -0.25) is 4.79 Å². The van der Waals surface area contributed by atoms with Crippen LogP contribution in [0.25, 0.3) is 0 Å². The standard InChI is InChI=1S/C22H21F2NO5/c1-22(2)10-16-18(7-12(21(27)28)8-19(16)30-22)29-14-3-4-15(17(24)9-14)20(26)25-6-5-13(23)11-25/h3-4,7-9,13H,5-6,10-11H2,1-2H3,(H,27,28). The molecule has 4 rings (SSSR count). The van der Waals surface area contributed by atoms with Gasteiger partial charge in [-0.15, -0.1) is 0 Å². The lowest BCUT2D eigenvalue weighted by Gasteiger charge is -2.16. The van der Waals surface area contributed by atoms with Crippen molar-refractivity contribution in [2.75, 3.05) is 13.1 Å². The predicted octanol–water partition coefficient (Wildman–Crippen LogP) is 4.21. The molecule has 2 aliphatic heterocycles. The Morgan fingerprint density at radius 3 is 2.67 bits per heavy atom. The van der Waals surface area contributed by atoms with Gasteiger partial charge < -0.3 is 19.5 Å². The molecule has 8 heteroatoms. The van der Waals surface area contributed by atoms with Gasteiger partial charge in [0, 0.05) is 24.6 Å². The van der Waals surface area contributed by atoms with Crippen molar-refractivity contribution in [2.24, 2.45) is 0 Å². The quantitative estimate of drug-likeness (QED) is 0.807. The first-order chi connectivity index (χ1) is 14.1. The topological polar surface area (TPSA) is 76.1 Å². The summed E-state index contributed by atoms with van der Waals surface area (Å²) in [7, 11) is 0. The monoisotopic (exact) mass is 417 g/mol. The first kappa shape index (κ1) is 20.1. The van der Waals surface area contributed by atoms with Crippen molar-refractivity contribution in [3.8, 4) is 17.2 Å². The number of likely N-dealkylation sites (tertiary alicyclic amines) is 1. The van der Waals surface area contributed by atoms with Crippen molar-refractivity contribution in [2.45, 2.75) is 38.5 Å². The fraction of sp³-hybridized carbons (Fsp3) is 0.364. The van der Waals surface area contributed by atoms with Crippen LogP contribution in [0.2, 0.25) is 0 Å². The van der Waals surface area contributed by atoms with E-state index in [2.05, 4.69) is 0 Å². The van der Waals surface area contributed by atoms with Crippen LogP contribution in [0.15, 0.2) is 30.3 Å². The largest absolute Gasteiger partial charge is 0.487 e. The number of carboxylic acid groups (broad SMARTS) is 1. The molecule has 1 fully saturated rings. The molecule has 1 unspecified atom stereocenters. The number of hydrogen-bond acceptors (Lipinski definition) is 4. The number of hydrogen-bond donors (Lipinski definition) is 1. The predicted molar refractivity (Wildman–Crippen MR) is 104 cm³/mol. The van der Waals surface area contributed by atoms with Gasteiger partial charge in [0.2, 0.25) is 0 Å². The van der Waals surface area contributed by atoms with E-state index >= 15 is 0 Å². The second-order valence-corrected chi connectivity index (χ2v) is 8.18. The number of amides is 1. The van der Waals surface area contributed by atoms with Crippen LogP contribution in [0.3, 0.4) is 0 Å². The van der Waals surface area contributed by atoms with Crippen LogP contribution in [0.5, 0.6) is 17.2 Å². The van der Waals surface area contributed by atoms with Gasteiger partial charge in [0.1, 0.15) is 34.8 Å². The molecule has 158 valence electrons. The van der Waals surface area contributed by atoms with Gasteiger partial charge in [-0.1, -0.05) is 0 Å². The second-order valence-electron chi connectivity index (χ2n) is 8.18.